The summed E-state index contributed by atoms with van der Waals surface area (Å²) in [5.41, 5.74) is 6.43. The van der Waals surface area contributed by atoms with Crippen LogP contribution in [0.4, 0.5) is 9.59 Å². The number of nitrogens with zero attached hydrogens (tertiary/aromatic N) is 2. The summed E-state index contributed by atoms with van der Waals surface area (Å²) < 4.78 is 11.0. The number of hydrogen-bond donors (Lipinski definition) is 1. The second-order valence-electron chi connectivity index (χ2n) is 9.23. The number of carbonyl (C=O) groups excluding carboxylic acids is 2. The zero-order chi connectivity index (χ0) is 21.1. The molecule has 2 saturated heterocycles. The maximum absolute atomic E-state index is 12.7. The summed E-state index contributed by atoms with van der Waals surface area (Å²) in [5, 5.41) is 0. The van der Waals surface area contributed by atoms with E-state index in [9.17, 15) is 9.59 Å². The van der Waals surface area contributed by atoms with Gasteiger partial charge in [0.25, 0.3) is 0 Å². The first-order chi connectivity index (χ1) is 13.7. The Morgan fingerprint density at radius 2 is 1.79 bits per heavy atom. The highest BCUT2D eigenvalue weighted by Crippen LogP contribution is 2.43. The fourth-order valence-electron chi connectivity index (χ4n) is 4.24. The molecule has 2 aliphatic rings. The van der Waals surface area contributed by atoms with E-state index in [4.69, 9.17) is 15.2 Å². The van der Waals surface area contributed by atoms with Gasteiger partial charge in [-0.1, -0.05) is 30.3 Å². The van der Waals surface area contributed by atoms with Crippen molar-refractivity contribution >= 4 is 12.2 Å². The van der Waals surface area contributed by atoms with E-state index in [0.717, 1.165) is 24.8 Å². The topological polar surface area (TPSA) is 85.1 Å². The van der Waals surface area contributed by atoms with Gasteiger partial charge in [-0.15, -0.1) is 0 Å². The van der Waals surface area contributed by atoms with Crippen LogP contribution in [0.5, 0.6) is 0 Å². The van der Waals surface area contributed by atoms with E-state index in [1.165, 1.54) is 0 Å². The summed E-state index contributed by atoms with van der Waals surface area (Å²) in [7, 11) is 0. The van der Waals surface area contributed by atoms with Crippen molar-refractivity contribution < 1.29 is 19.1 Å². The van der Waals surface area contributed by atoms with Gasteiger partial charge in [0.15, 0.2) is 0 Å². The molecular weight excluding hydrogens is 370 g/mol. The molecule has 0 radical (unpaired) electrons. The SMILES string of the molecule is CC(C)(C)OC(=O)N1CCC2(CC1)CC(CN)N(C(=O)OCc1ccccc1)C2. The molecule has 1 spiro atoms. The Balaban J connectivity index is 1.56. The number of hydrogen-bond acceptors (Lipinski definition) is 5. The third-order valence-electron chi connectivity index (χ3n) is 5.80. The molecule has 0 aromatic heterocycles. The molecule has 0 saturated carbocycles. The molecule has 160 valence electrons. The van der Waals surface area contributed by atoms with E-state index >= 15 is 0 Å². The fourth-order valence-corrected chi connectivity index (χ4v) is 4.24. The molecule has 7 nitrogen and oxygen atoms in total. The summed E-state index contributed by atoms with van der Waals surface area (Å²) in [4.78, 5) is 28.6. The lowest BCUT2D eigenvalue weighted by Crippen LogP contribution is -2.46. The third-order valence-corrected chi connectivity index (χ3v) is 5.80. The molecular formula is C22H33N3O4. The molecule has 2 fully saturated rings. The highest BCUT2D eigenvalue weighted by Gasteiger charge is 2.48. The molecule has 1 atom stereocenters. The quantitative estimate of drug-likeness (QED) is 0.836. The lowest BCUT2D eigenvalue weighted by Gasteiger charge is -2.39. The van der Waals surface area contributed by atoms with Crippen LogP contribution in [0.2, 0.25) is 0 Å². The van der Waals surface area contributed by atoms with E-state index in [0.29, 0.717) is 26.2 Å². The number of likely N-dealkylation sites (tertiary alicyclic amines) is 2. The molecule has 2 heterocycles. The van der Waals surface area contributed by atoms with Gasteiger partial charge < -0.3 is 25.0 Å². The van der Waals surface area contributed by atoms with Crippen LogP contribution in [0, 0.1) is 5.41 Å². The van der Waals surface area contributed by atoms with Crippen LogP contribution in [0.3, 0.4) is 0 Å². The molecule has 0 aliphatic carbocycles. The van der Waals surface area contributed by atoms with Crippen LogP contribution in [0.25, 0.3) is 0 Å². The maximum atomic E-state index is 12.7. The Labute approximate surface area is 173 Å². The van der Waals surface area contributed by atoms with Crippen molar-refractivity contribution in [3.05, 3.63) is 35.9 Å². The van der Waals surface area contributed by atoms with Crippen LogP contribution in [0.15, 0.2) is 30.3 Å². The minimum Gasteiger partial charge on any atom is -0.445 e. The van der Waals surface area contributed by atoms with Crippen molar-refractivity contribution in [2.75, 3.05) is 26.2 Å². The number of nitrogens with two attached hydrogens (primary N) is 1. The first kappa shape index (κ1) is 21.4. The molecule has 2 amide bonds. The van der Waals surface area contributed by atoms with Gasteiger partial charge in [-0.3, -0.25) is 0 Å². The van der Waals surface area contributed by atoms with Gasteiger partial charge in [0.1, 0.15) is 12.2 Å². The highest BCUT2D eigenvalue weighted by atomic mass is 16.6. The van der Waals surface area contributed by atoms with Gasteiger partial charge in [0.05, 0.1) is 0 Å². The summed E-state index contributed by atoms with van der Waals surface area (Å²) in [5.74, 6) is 0. The van der Waals surface area contributed by atoms with Gasteiger partial charge >= 0.3 is 12.2 Å². The molecule has 1 unspecified atom stereocenters. The van der Waals surface area contributed by atoms with Crippen molar-refractivity contribution in [3.8, 4) is 0 Å². The molecule has 1 aromatic carbocycles. The largest absolute Gasteiger partial charge is 0.445 e. The zero-order valence-electron chi connectivity index (χ0n) is 17.7. The molecule has 3 rings (SSSR count). The van der Waals surface area contributed by atoms with Crippen LogP contribution in [-0.4, -0.2) is 59.8 Å². The second kappa shape index (κ2) is 8.61. The predicted molar refractivity (Wildman–Crippen MR) is 110 cm³/mol. The summed E-state index contributed by atoms with van der Waals surface area (Å²) in [6.45, 7) is 8.20. The first-order valence-corrected chi connectivity index (χ1v) is 10.4. The van der Waals surface area contributed by atoms with Gasteiger partial charge in [0, 0.05) is 32.2 Å². The van der Waals surface area contributed by atoms with Crippen molar-refractivity contribution in [2.45, 2.75) is 58.3 Å². The van der Waals surface area contributed by atoms with E-state index in [1.54, 1.807) is 9.80 Å². The lowest BCUT2D eigenvalue weighted by molar-refractivity contribution is 0.0106. The summed E-state index contributed by atoms with van der Waals surface area (Å²) in [6.07, 6.45) is 1.96. The monoisotopic (exact) mass is 403 g/mol. The van der Waals surface area contributed by atoms with E-state index in [-0.39, 0.29) is 30.3 Å². The first-order valence-electron chi connectivity index (χ1n) is 10.4. The van der Waals surface area contributed by atoms with Gasteiger partial charge in [0.2, 0.25) is 0 Å². The molecule has 1 aromatic rings. The standard InChI is InChI=1S/C22H33N3O4/c1-21(2,3)29-19(26)24-11-9-22(10-12-24)13-18(14-23)25(16-22)20(27)28-15-17-7-5-4-6-8-17/h4-8,18H,9-16,23H2,1-3H3. The van der Waals surface area contributed by atoms with Crippen molar-refractivity contribution in [2.24, 2.45) is 11.1 Å². The minimum atomic E-state index is -0.496. The number of amides is 2. The van der Waals surface area contributed by atoms with Crippen molar-refractivity contribution in [3.63, 3.8) is 0 Å². The Morgan fingerprint density at radius 3 is 2.38 bits per heavy atom. The zero-order valence-corrected chi connectivity index (χ0v) is 17.7. The van der Waals surface area contributed by atoms with Crippen LogP contribution >= 0.6 is 0 Å². The Morgan fingerprint density at radius 1 is 1.14 bits per heavy atom. The second-order valence-corrected chi connectivity index (χ2v) is 9.23. The lowest BCUT2D eigenvalue weighted by atomic mass is 9.76. The fraction of sp³-hybridized carbons (Fsp3) is 0.636. The van der Waals surface area contributed by atoms with E-state index < -0.39 is 5.60 Å². The molecule has 2 aliphatic heterocycles. The Hall–Kier alpha value is -2.28. The summed E-state index contributed by atoms with van der Waals surface area (Å²) in [6, 6.07) is 9.64. The average molecular weight is 404 g/mol. The highest BCUT2D eigenvalue weighted by molar-refractivity contribution is 5.69. The smallest absolute Gasteiger partial charge is 0.410 e. The Bertz CT molecular complexity index is 709. The Kier molecular flexibility index (Phi) is 6.36. The normalized spacial score (nSPS) is 21.3. The number of rotatable bonds is 3. The minimum absolute atomic E-state index is 0.00564. The maximum Gasteiger partial charge on any atom is 0.410 e. The van der Waals surface area contributed by atoms with Gasteiger partial charge in [-0.25, -0.2) is 9.59 Å². The van der Waals surface area contributed by atoms with Crippen molar-refractivity contribution in [1.29, 1.82) is 0 Å². The summed E-state index contributed by atoms with van der Waals surface area (Å²) >= 11 is 0. The molecule has 29 heavy (non-hydrogen) atoms. The van der Waals surface area contributed by atoms with Crippen LogP contribution in [0.1, 0.15) is 45.6 Å². The molecule has 2 N–H and O–H groups in total. The van der Waals surface area contributed by atoms with E-state index in [2.05, 4.69) is 0 Å². The molecule has 0 bridgehead atoms. The number of piperidine rings is 1. The number of carbonyl (C=O) groups is 2. The van der Waals surface area contributed by atoms with Crippen LogP contribution in [-0.2, 0) is 16.1 Å². The molecule has 7 heteroatoms. The van der Waals surface area contributed by atoms with E-state index in [1.807, 2.05) is 51.1 Å². The predicted octanol–water partition coefficient (Wildman–Crippen LogP) is 3.37. The van der Waals surface area contributed by atoms with Gasteiger partial charge in [-0.2, -0.15) is 0 Å². The van der Waals surface area contributed by atoms with Gasteiger partial charge in [-0.05, 0) is 51.0 Å². The van der Waals surface area contributed by atoms with Crippen molar-refractivity contribution in [1.82, 2.24) is 9.80 Å². The number of benzene rings is 1. The average Bonchev–Trinajstić information content (AvgIpc) is 3.04. The number of ether oxygens (including phenoxy) is 2. The van der Waals surface area contributed by atoms with Crippen LogP contribution < -0.4 is 5.73 Å². The third kappa shape index (κ3) is 5.41.